The van der Waals surface area contributed by atoms with Gasteiger partial charge in [-0.3, -0.25) is 24.8 Å². The van der Waals surface area contributed by atoms with Crippen molar-refractivity contribution in [2.24, 2.45) is 0 Å². The number of hydrogen-bond donors (Lipinski definition) is 1. The van der Waals surface area contributed by atoms with E-state index >= 15 is 0 Å². The molecule has 3 amide bonds. The summed E-state index contributed by atoms with van der Waals surface area (Å²) >= 11 is 1.29. The molecule has 136 valence electrons. The minimum absolute atomic E-state index is 0.218. The van der Waals surface area contributed by atoms with E-state index in [1.165, 1.54) is 18.4 Å². The molecule has 2 aromatic heterocycles. The Morgan fingerprint density at radius 1 is 1.15 bits per heavy atom. The van der Waals surface area contributed by atoms with E-state index in [1.54, 1.807) is 17.7 Å². The van der Waals surface area contributed by atoms with E-state index in [0.717, 1.165) is 10.6 Å². The van der Waals surface area contributed by atoms with Crippen molar-refractivity contribution >= 4 is 40.0 Å². The van der Waals surface area contributed by atoms with Gasteiger partial charge in [-0.15, -0.1) is 11.3 Å². The number of methoxy groups -OCH3 is 1. The summed E-state index contributed by atoms with van der Waals surface area (Å²) in [7, 11) is 1.45. The molecule has 7 nitrogen and oxygen atoms in total. The predicted octanol–water partition coefficient (Wildman–Crippen LogP) is 2.86. The van der Waals surface area contributed by atoms with E-state index in [0.29, 0.717) is 22.3 Å². The highest BCUT2D eigenvalue weighted by molar-refractivity contribution is 7.08. The summed E-state index contributed by atoms with van der Waals surface area (Å²) in [6.07, 6.45) is 0. The number of pyridine rings is 1. The number of aromatic nitrogens is 1. The van der Waals surface area contributed by atoms with E-state index < -0.39 is 17.7 Å². The molecule has 8 heteroatoms. The average Bonchev–Trinajstić information content (AvgIpc) is 3.21. The van der Waals surface area contributed by atoms with E-state index in [4.69, 9.17) is 4.74 Å². The summed E-state index contributed by atoms with van der Waals surface area (Å²) in [4.78, 5) is 42.8. The third-order valence-corrected chi connectivity index (χ3v) is 5.18. The Balaban J connectivity index is 1.77. The number of amides is 3. The van der Waals surface area contributed by atoms with Gasteiger partial charge in [-0.25, -0.2) is 0 Å². The predicted molar refractivity (Wildman–Crippen MR) is 100 cm³/mol. The molecule has 0 unspecified atom stereocenters. The van der Waals surface area contributed by atoms with Gasteiger partial charge in [0.05, 0.1) is 35.0 Å². The molecule has 1 aliphatic heterocycles. The van der Waals surface area contributed by atoms with Crippen LogP contribution in [0.3, 0.4) is 0 Å². The fourth-order valence-electron chi connectivity index (χ4n) is 3.17. The zero-order valence-corrected chi connectivity index (χ0v) is 15.6. The molecular weight excluding hydrogens is 366 g/mol. The van der Waals surface area contributed by atoms with Crippen molar-refractivity contribution in [2.75, 3.05) is 7.11 Å². The molecule has 1 aliphatic rings. The molecule has 3 aromatic rings. The summed E-state index contributed by atoms with van der Waals surface area (Å²) in [5.41, 5.74) is 5.17. The first-order valence-electron chi connectivity index (χ1n) is 8.13. The number of ether oxygens (including phenoxy) is 1. The zero-order valence-electron chi connectivity index (χ0n) is 14.8. The molecule has 0 saturated heterocycles. The van der Waals surface area contributed by atoms with Crippen molar-refractivity contribution in [3.8, 4) is 5.75 Å². The number of fused-ring (bicyclic) bond motifs is 3. The number of hydrogen-bond acceptors (Lipinski definition) is 6. The van der Waals surface area contributed by atoms with Gasteiger partial charge >= 0.3 is 0 Å². The number of aryl methyl sites for hydroxylation is 2. The Morgan fingerprint density at radius 2 is 1.89 bits per heavy atom. The Morgan fingerprint density at radius 3 is 2.63 bits per heavy atom. The molecule has 1 N–H and O–H groups in total. The van der Waals surface area contributed by atoms with Crippen LogP contribution >= 0.6 is 11.3 Å². The van der Waals surface area contributed by atoms with Crippen LogP contribution in [-0.2, 0) is 0 Å². The molecule has 0 bridgehead atoms. The molecule has 0 radical (unpaired) electrons. The van der Waals surface area contributed by atoms with Gasteiger partial charge < -0.3 is 4.74 Å². The highest BCUT2D eigenvalue weighted by Gasteiger charge is 2.40. The van der Waals surface area contributed by atoms with Crippen LogP contribution in [0.5, 0.6) is 5.75 Å². The second-order valence-corrected chi connectivity index (χ2v) is 6.95. The number of hydrazine groups is 1. The molecular formula is C19H15N3O4S. The zero-order chi connectivity index (χ0) is 19.3. The molecule has 27 heavy (non-hydrogen) atoms. The van der Waals surface area contributed by atoms with Crippen molar-refractivity contribution < 1.29 is 19.1 Å². The lowest BCUT2D eigenvalue weighted by molar-refractivity contribution is 0.0517. The molecule has 3 heterocycles. The first kappa shape index (κ1) is 17.2. The molecule has 0 fully saturated rings. The maximum absolute atomic E-state index is 13.0. The van der Waals surface area contributed by atoms with Gasteiger partial charge in [-0.05, 0) is 26.0 Å². The number of nitrogens with one attached hydrogen (secondary N) is 1. The molecule has 0 atom stereocenters. The highest BCUT2D eigenvalue weighted by Crippen LogP contribution is 2.31. The average molecular weight is 381 g/mol. The lowest BCUT2D eigenvalue weighted by Gasteiger charge is -2.15. The fourth-order valence-corrected chi connectivity index (χ4v) is 3.95. The Labute approximate surface area is 158 Å². The van der Waals surface area contributed by atoms with Crippen molar-refractivity contribution in [1.29, 1.82) is 0 Å². The van der Waals surface area contributed by atoms with E-state index in [1.807, 2.05) is 25.1 Å². The molecule has 0 saturated carbocycles. The number of carbonyl (C=O) groups is 3. The SMILES string of the molecule is COc1cscc1C(=O)NN1C(=O)c2c(C)nc3ccc(C)cc3c2C1=O. The van der Waals surface area contributed by atoms with Crippen LogP contribution in [0.1, 0.15) is 42.3 Å². The van der Waals surface area contributed by atoms with Crippen LogP contribution < -0.4 is 10.2 Å². The highest BCUT2D eigenvalue weighted by atomic mass is 32.1. The first-order valence-corrected chi connectivity index (χ1v) is 9.07. The van der Waals surface area contributed by atoms with Crippen LogP contribution in [0.2, 0.25) is 0 Å². The van der Waals surface area contributed by atoms with Gasteiger partial charge in [0.1, 0.15) is 5.75 Å². The fraction of sp³-hybridized carbons (Fsp3) is 0.158. The van der Waals surface area contributed by atoms with Crippen molar-refractivity contribution in [3.05, 3.63) is 56.9 Å². The number of benzene rings is 1. The summed E-state index contributed by atoms with van der Waals surface area (Å²) in [6.45, 7) is 3.58. The lowest BCUT2D eigenvalue weighted by Crippen LogP contribution is -2.45. The third kappa shape index (κ3) is 2.57. The molecule has 4 rings (SSSR count). The minimum Gasteiger partial charge on any atom is -0.495 e. The summed E-state index contributed by atoms with van der Waals surface area (Å²) in [5, 5.41) is 4.61. The number of nitrogens with zero attached hydrogens (tertiary/aromatic N) is 2. The number of thiophene rings is 1. The summed E-state index contributed by atoms with van der Waals surface area (Å²) in [6, 6.07) is 5.52. The molecule has 0 aliphatic carbocycles. The molecule has 0 spiro atoms. The van der Waals surface area contributed by atoms with Crippen molar-refractivity contribution in [3.63, 3.8) is 0 Å². The van der Waals surface area contributed by atoms with E-state index in [2.05, 4.69) is 10.4 Å². The van der Waals surface area contributed by atoms with Gasteiger partial charge in [0.25, 0.3) is 17.7 Å². The van der Waals surface area contributed by atoms with Crippen molar-refractivity contribution in [1.82, 2.24) is 15.4 Å². The van der Waals surface area contributed by atoms with Gasteiger partial charge in [0, 0.05) is 16.1 Å². The lowest BCUT2D eigenvalue weighted by atomic mass is 10.0. The van der Waals surface area contributed by atoms with Gasteiger partial charge in [0.15, 0.2) is 0 Å². The second-order valence-electron chi connectivity index (χ2n) is 6.21. The second kappa shape index (κ2) is 6.17. The summed E-state index contributed by atoms with van der Waals surface area (Å²) < 4.78 is 5.13. The van der Waals surface area contributed by atoms with Gasteiger partial charge in [0.2, 0.25) is 0 Å². The topological polar surface area (TPSA) is 88.6 Å². The monoisotopic (exact) mass is 381 g/mol. The van der Waals surface area contributed by atoms with Crippen LogP contribution in [0.15, 0.2) is 29.0 Å². The van der Waals surface area contributed by atoms with Crippen LogP contribution in [-0.4, -0.2) is 34.8 Å². The van der Waals surface area contributed by atoms with Crippen LogP contribution in [0.4, 0.5) is 0 Å². The Bertz CT molecular complexity index is 1140. The normalized spacial score (nSPS) is 13.2. The van der Waals surface area contributed by atoms with E-state index in [-0.39, 0.29) is 16.7 Å². The minimum atomic E-state index is -0.592. The Kier molecular flexibility index (Phi) is 3.92. The molecule has 1 aromatic carbocycles. The summed E-state index contributed by atoms with van der Waals surface area (Å²) in [5.74, 6) is -1.37. The van der Waals surface area contributed by atoms with E-state index in [9.17, 15) is 14.4 Å². The first-order chi connectivity index (χ1) is 12.9. The number of rotatable bonds is 3. The van der Waals surface area contributed by atoms with Crippen molar-refractivity contribution in [2.45, 2.75) is 13.8 Å². The van der Waals surface area contributed by atoms with Crippen LogP contribution in [0, 0.1) is 13.8 Å². The van der Waals surface area contributed by atoms with Gasteiger partial charge in [-0.2, -0.15) is 5.01 Å². The largest absolute Gasteiger partial charge is 0.495 e. The quantitative estimate of drug-likeness (QED) is 0.705. The maximum atomic E-state index is 13.0. The number of carbonyl (C=O) groups excluding carboxylic acids is 3. The third-order valence-electron chi connectivity index (χ3n) is 4.46. The smallest absolute Gasteiger partial charge is 0.282 e. The van der Waals surface area contributed by atoms with Gasteiger partial charge in [-0.1, -0.05) is 11.6 Å². The maximum Gasteiger partial charge on any atom is 0.282 e. The number of imide groups is 1. The standard InChI is InChI=1S/C19H15N3O4S/c1-9-4-5-13-11(6-9)16-15(10(2)20-13)18(24)22(19(16)25)21-17(23)12-7-27-8-14(12)26-3/h4-8H,1-3H3,(H,21,23). The Hall–Kier alpha value is -3.26. The van der Waals surface area contributed by atoms with Crippen LogP contribution in [0.25, 0.3) is 10.9 Å².